The first-order valence-electron chi connectivity index (χ1n) is 8.10. The lowest BCUT2D eigenvalue weighted by atomic mass is 9.92. The van der Waals surface area contributed by atoms with Crippen LogP contribution in [0.1, 0.15) is 0 Å². The minimum Gasteiger partial charge on any atom is -0.493 e. The first-order chi connectivity index (χ1) is 13.0. The molecule has 4 aromatic carbocycles. The first kappa shape index (κ1) is 17.6. The van der Waals surface area contributed by atoms with Crippen molar-refractivity contribution in [1.82, 2.24) is 0 Å². The van der Waals surface area contributed by atoms with Gasteiger partial charge >= 0.3 is 0 Å². The molecule has 4 rings (SSSR count). The fraction of sp³-hybridized carbons (Fsp3) is 0.0476. The maximum absolute atomic E-state index is 14.8. The summed E-state index contributed by atoms with van der Waals surface area (Å²) in [6, 6.07) is 16.4. The molecule has 27 heavy (non-hydrogen) atoms. The van der Waals surface area contributed by atoms with E-state index in [1.54, 1.807) is 48.5 Å². The zero-order valence-corrected chi connectivity index (χ0v) is 15.0. The van der Waals surface area contributed by atoms with Crippen molar-refractivity contribution in [2.24, 2.45) is 0 Å². The highest BCUT2D eigenvalue weighted by Crippen LogP contribution is 2.45. The van der Waals surface area contributed by atoms with E-state index in [9.17, 15) is 17.5 Å². The molecule has 0 radical (unpaired) electrons. The van der Waals surface area contributed by atoms with Crippen LogP contribution >= 0.6 is 0 Å². The lowest BCUT2D eigenvalue weighted by Gasteiger charge is -2.18. The predicted molar refractivity (Wildman–Crippen MR) is 102 cm³/mol. The SMILES string of the molecule is COc1c(F)cc2ccccc2c1-c1c(S(=O)O)c(F)cc2ccccc12. The van der Waals surface area contributed by atoms with Gasteiger partial charge in [-0.05, 0) is 33.7 Å². The van der Waals surface area contributed by atoms with Crippen molar-refractivity contribution in [3.63, 3.8) is 0 Å². The molecule has 1 N–H and O–H groups in total. The summed E-state index contributed by atoms with van der Waals surface area (Å²) in [5, 5.41) is 2.24. The van der Waals surface area contributed by atoms with Crippen molar-refractivity contribution in [2.45, 2.75) is 4.90 Å². The maximum atomic E-state index is 14.8. The van der Waals surface area contributed by atoms with E-state index in [-0.39, 0.29) is 16.9 Å². The Morgan fingerprint density at radius 3 is 1.93 bits per heavy atom. The van der Waals surface area contributed by atoms with Gasteiger partial charge in [-0.2, -0.15) is 0 Å². The molecule has 0 aromatic heterocycles. The van der Waals surface area contributed by atoms with E-state index >= 15 is 0 Å². The van der Waals surface area contributed by atoms with E-state index in [1.807, 2.05) is 0 Å². The van der Waals surface area contributed by atoms with E-state index in [1.165, 1.54) is 19.2 Å². The van der Waals surface area contributed by atoms with Crippen molar-refractivity contribution < 1.29 is 22.3 Å². The highest BCUT2D eigenvalue weighted by atomic mass is 32.2. The van der Waals surface area contributed by atoms with E-state index in [0.717, 1.165) is 0 Å². The number of fused-ring (bicyclic) bond motifs is 2. The van der Waals surface area contributed by atoms with Crippen molar-refractivity contribution in [3.05, 3.63) is 72.3 Å². The van der Waals surface area contributed by atoms with Crippen LogP contribution in [-0.2, 0) is 11.1 Å². The molecule has 0 fully saturated rings. The van der Waals surface area contributed by atoms with Gasteiger partial charge in [-0.25, -0.2) is 13.0 Å². The minimum absolute atomic E-state index is 0.101. The molecule has 0 saturated heterocycles. The monoisotopic (exact) mass is 384 g/mol. The van der Waals surface area contributed by atoms with Gasteiger partial charge in [-0.1, -0.05) is 48.5 Å². The Balaban J connectivity index is 2.31. The van der Waals surface area contributed by atoms with Crippen molar-refractivity contribution in [1.29, 1.82) is 0 Å². The topological polar surface area (TPSA) is 46.5 Å². The fourth-order valence-electron chi connectivity index (χ4n) is 3.46. The van der Waals surface area contributed by atoms with Gasteiger partial charge in [-0.3, -0.25) is 0 Å². The highest BCUT2D eigenvalue weighted by Gasteiger charge is 2.25. The summed E-state index contributed by atoms with van der Waals surface area (Å²) in [6.45, 7) is 0. The van der Waals surface area contributed by atoms with E-state index in [0.29, 0.717) is 21.5 Å². The van der Waals surface area contributed by atoms with Gasteiger partial charge in [0, 0.05) is 11.1 Å². The van der Waals surface area contributed by atoms with Crippen LogP contribution in [0.4, 0.5) is 8.78 Å². The van der Waals surface area contributed by atoms with Crippen LogP contribution in [0.25, 0.3) is 32.7 Å². The third-order valence-corrected chi connectivity index (χ3v) is 5.29. The summed E-state index contributed by atoms with van der Waals surface area (Å²) in [6.07, 6.45) is 0. The third kappa shape index (κ3) is 2.78. The van der Waals surface area contributed by atoms with Crippen LogP contribution in [0.2, 0.25) is 0 Å². The molecular weight excluding hydrogens is 370 g/mol. The second-order valence-electron chi connectivity index (χ2n) is 6.02. The van der Waals surface area contributed by atoms with Gasteiger partial charge in [0.1, 0.15) is 10.7 Å². The van der Waals surface area contributed by atoms with Crippen LogP contribution < -0.4 is 4.74 Å². The number of ether oxygens (including phenoxy) is 1. The van der Waals surface area contributed by atoms with E-state index in [2.05, 4.69) is 0 Å². The van der Waals surface area contributed by atoms with Crippen LogP contribution in [0, 0.1) is 11.6 Å². The summed E-state index contributed by atoms with van der Waals surface area (Å²) in [4.78, 5) is -0.400. The molecule has 0 aliphatic rings. The molecule has 1 unspecified atom stereocenters. The molecule has 0 spiro atoms. The summed E-state index contributed by atoms with van der Waals surface area (Å²) < 4.78 is 56.6. The summed E-state index contributed by atoms with van der Waals surface area (Å²) in [5.41, 5.74) is 0.403. The number of hydrogen-bond donors (Lipinski definition) is 1. The Morgan fingerprint density at radius 2 is 1.37 bits per heavy atom. The molecule has 1 atom stereocenters. The number of halogens is 2. The van der Waals surface area contributed by atoms with Crippen LogP contribution in [0.3, 0.4) is 0 Å². The van der Waals surface area contributed by atoms with Gasteiger partial charge < -0.3 is 9.29 Å². The molecule has 3 nitrogen and oxygen atoms in total. The fourth-order valence-corrected chi connectivity index (χ4v) is 4.07. The van der Waals surface area contributed by atoms with Gasteiger partial charge in [0.05, 0.1) is 7.11 Å². The molecule has 0 heterocycles. The average molecular weight is 384 g/mol. The molecule has 136 valence electrons. The summed E-state index contributed by atoms with van der Waals surface area (Å²) in [7, 11) is 1.31. The molecule has 6 heteroatoms. The lowest BCUT2D eigenvalue weighted by molar-refractivity contribution is 0.389. The second kappa shape index (κ2) is 6.72. The molecule has 0 amide bonds. The minimum atomic E-state index is -2.62. The standard InChI is InChI=1S/C21H14F2O3S/c1-26-20-16(22)10-12-6-2-4-8-14(12)18(20)19-15-9-5-3-7-13(15)11-17(23)21(19)27(24)25/h2-11H,1H3,(H,24,25). The van der Waals surface area contributed by atoms with Crippen molar-refractivity contribution in [3.8, 4) is 16.9 Å². The van der Waals surface area contributed by atoms with Crippen LogP contribution in [0.15, 0.2) is 65.6 Å². The number of methoxy groups -OCH3 is 1. The smallest absolute Gasteiger partial charge is 0.190 e. The number of rotatable bonds is 3. The molecule has 4 aromatic rings. The largest absolute Gasteiger partial charge is 0.493 e. The molecule has 0 aliphatic heterocycles. The predicted octanol–water partition coefficient (Wildman–Crippen LogP) is 5.53. The lowest BCUT2D eigenvalue weighted by Crippen LogP contribution is -2.02. The Hall–Kier alpha value is -2.83. The Morgan fingerprint density at radius 1 is 0.852 bits per heavy atom. The zero-order valence-electron chi connectivity index (χ0n) is 14.2. The highest BCUT2D eigenvalue weighted by molar-refractivity contribution is 7.79. The Kier molecular flexibility index (Phi) is 4.37. The third-order valence-electron chi connectivity index (χ3n) is 4.54. The van der Waals surface area contributed by atoms with Crippen LogP contribution in [0.5, 0.6) is 5.75 Å². The average Bonchev–Trinajstić information content (AvgIpc) is 2.65. The molecule has 0 saturated carbocycles. The van der Waals surface area contributed by atoms with E-state index < -0.39 is 27.6 Å². The molecular formula is C21H14F2O3S. The first-order valence-corrected chi connectivity index (χ1v) is 9.21. The van der Waals surface area contributed by atoms with Gasteiger partial charge in [0.25, 0.3) is 0 Å². The van der Waals surface area contributed by atoms with Crippen molar-refractivity contribution in [2.75, 3.05) is 7.11 Å². The number of hydrogen-bond acceptors (Lipinski definition) is 2. The quantitative estimate of drug-likeness (QED) is 0.473. The maximum Gasteiger partial charge on any atom is 0.190 e. The van der Waals surface area contributed by atoms with Crippen molar-refractivity contribution >= 4 is 32.6 Å². The zero-order chi connectivity index (χ0) is 19.1. The van der Waals surface area contributed by atoms with Crippen LogP contribution in [-0.4, -0.2) is 15.9 Å². The summed E-state index contributed by atoms with van der Waals surface area (Å²) >= 11 is -2.62. The Labute approximate surface area is 156 Å². The van der Waals surface area contributed by atoms with Gasteiger partial charge in [0.15, 0.2) is 22.6 Å². The summed E-state index contributed by atoms with van der Waals surface area (Å²) in [5.74, 6) is -1.56. The Bertz CT molecular complexity index is 1220. The number of benzene rings is 4. The second-order valence-corrected chi connectivity index (χ2v) is 6.93. The van der Waals surface area contributed by atoms with Gasteiger partial charge in [-0.15, -0.1) is 0 Å². The van der Waals surface area contributed by atoms with E-state index in [4.69, 9.17) is 4.74 Å². The molecule has 0 bridgehead atoms. The normalized spacial score (nSPS) is 12.4. The molecule has 0 aliphatic carbocycles. The van der Waals surface area contributed by atoms with Gasteiger partial charge in [0.2, 0.25) is 0 Å².